The zero-order valence-electron chi connectivity index (χ0n) is 14.8. The van der Waals surface area contributed by atoms with E-state index in [-0.39, 0.29) is 0 Å². The number of rotatable bonds is 6. The summed E-state index contributed by atoms with van der Waals surface area (Å²) < 4.78 is 50.6. The van der Waals surface area contributed by atoms with Crippen LogP contribution in [0.15, 0.2) is 24.4 Å². The van der Waals surface area contributed by atoms with Crippen LogP contribution in [0.1, 0.15) is 41.5 Å². The molecule has 1 amide bonds. The second kappa shape index (κ2) is 7.67. The Balaban J connectivity index is 2.23. The summed E-state index contributed by atoms with van der Waals surface area (Å²) in [5.74, 6) is 0.164. The van der Waals surface area contributed by atoms with E-state index >= 15 is 0 Å². The molecule has 26 heavy (non-hydrogen) atoms. The maximum atomic E-state index is 13.1. The number of carbonyl (C=O) groups is 1. The van der Waals surface area contributed by atoms with Gasteiger partial charge in [0.2, 0.25) is 0 Å². The van der Waals surface area contributed by atoms with Gasteiger partial charge >= 0.3 is 6.18 Å². The summed E-state index contributed by atoms with van der Waals surface area (Å²) in [4.78, 5) is 12.3. The largest absolute Gasteiger partial charge is 0.493 e. The summed E-state index contributed by atoms with van der Waals surface area (Å²) in [6.07, 6.45) is -3.77. The van der Waals surface area contributed by atoms with E-state index in [4.69, 9.17) is 9.47 Å². The van der Waals surface area contributed by atoms with Crippen LogP contribution in [0.5, 0.6) is 11.5 Å². The molecular weight excluding hydrogens is 351 g/mol. The molecule has 1 unspecified atom stereocenters. The smallest absolute Gasteiger partial charge is 0.433 e. The van der Waals surface area contributed by atoms with Crippen LogP contribution in [0.25, 0.3) is 0 Å². The summed E-state index contributed by atoms with van der Waals surface area (Å²) >= 11 is 0. The molecule has 0 bridgehead atoms. The number of aryl methyl sites for hydroxylation is 1. The van der Waals surface area contributed by atoms with Gasteiger partial charge in [0.15, 0.2) is 17.2 Å². The van der Waals surface area contributed by atoms with Gasteiger partial charge in [0, 0.05) is 7.05 Å². The van der Waals surface area contributed by atoms with Crippen molar-refractivity contribution in [2.75, 3.05) is 13.7 Å². The first-order valence-corrected chi connectivity index (χ1v) is 7.89. The monoisotopic (exact) mass is 371 g/mol. The number of methoxy groups -OCH3 is 1. The van der Waals surface area contributed by atoms with Crippen molar-refractivity contribution < 1.29 is 27.4 Å². The van der Waals surface area contributed by atoms with Gasteiger partial charge in [-0.1, -0.05) is 6.07 Å². The Morgan fingerprint density at radius 1 is 1.35 bits per heavy atom. The first-order chi connectivity index (χ1) is 12.2. The maximum Gasteiger partial charge on any atom is 0.433 e. The summed E-state index contributed by atoms with van der Waals surface area (Å²) in [5.41, 5.74) is -0.952. The van der Waals surface area contributed by atoms with Crippen LogP contribution in [0, 0.1) is 0 Å². The molecule has 0 saturated heterocycles. The van der Waals surface area contributed by atoms with E-state index in [0.29, 0.717) is 28.4 Å². The van der Waals surface area contributed by atoms with E-state index in [9.17, 15) is 18.0 Å². The SMILES string of the molecule is CCOc1ccc(C(C)NC(=O)c2cnn(C)c2C(F)(F)F)cc1OC. The molecule has 0 aliphatic rings. The van der Waals surface area contributed by atoms with Crippen molar-refractivity contribution >= 4 is 5.91 Å². The lowest BCUT2D eigenvalue weighted by Gasteiger charge is -2.17. The van der Waals surface area contributed by atoms with Crippen LogP contribution in [0.2, 0.25) is 0 Å². The number of benzene rings is 1. The Bertz CT molecular complexity index is 787. The lowest BCUT2D eigenvalue weighted by atomic mass is 10.1. The molecule has 0 aliphatic heterocycles. The van der Waals surface area contributed by atoms with Gasteiger partial charge in [-0.15, -0.1) is 0 Å². The molecule has 2 rings (SSSR count). The minimum absolute atomic E-state index is 0.462. The Hall–Kier alpha value is -2.71. The Labute approximate surface area is 148 Å². The second-order valence-corrected chi connectivity index (χ2v) is 5.57. The molecule has 1 aromatic carbocycles. The average Bonchev–Trinajstić information content (AvgIpc) is 2.97. The quantitative estimate of drug-likeness (QED) is 0.846. The number of carbonyl (C=O) groups excluding carboxylic acids is 1. The van der Waals surface area contributed by atoms with E-state index in [0.717, 1.165) is 13.2 Å². The second-order valence-electron chi connectivity index (χ2n) is 5.57. The number of aromatic nitrogens is 2. The molecule has 1 N–H and O–H groups in total. The van der Waals surface area contributed by atoms with Crippen LogP contribution in [0.4, 0.5) is 13.2 Å². The first kappa shape index (κ1) is 19.6. The number of amides is 1. The molecule has 0 spiro atoms. The third-order valence-corrected chi connectivity index (χ3v) is 3.79. The van der Waals surface area contributed by atoms with Crippen LogP contribution in [-0.2, 0) is 13.2 Å². The Morgan fingerprint density at radius 2 is 2.04 bits per heavy atom. The fraction of sp³-hybridized carbons (Fsp3) is 0.412. The Morgan fingerprint density at radius 3 is 2.62 bits per heavy atom. The summed E-state index contributed by atoms with van der Waals surface area (Å²) in [5, 5.41) is 6.10. The third-order valence-electron chi connectivity index (χ3n) is 3.79. The number of hydrogen-bond acceptors (Lipinski definition) is 4. The van der Waals surface area contributed by atoms with E-state index in [1.54, 1.807) is 25.1 Å². The minimum Gasteiger partial charge on any atom is -0.493 e. The van der Waals surface area contributed by atoms with Gasteiger partial charge in [-0.25, -0.2) is 0 Å². The van der Waals surface area contributed by atoms with Crippen molar-refractivity contribution in [3.05, 3.63) is 41.2 Å². The van der Waals surface area contributed by atoms with Gasteiger partial charge in [-0.3, -0.25) is 9.48 Å². The fourth-order valence-electron chi connectivity index (χ4n) is 2.53. The van der Waals surface area contributed by atoms with Crippen molar-refractivity contribution in [3.8, 4) is 11.5 Å². The number of ether oxygens (including phenoxy) is 2. The molecule has 2 aromatic rings. The summed E-state index contributed by atoms with van der Waals surface area (Å²) in [6, 6.07) is 4.52. The highest BCUT2D eigenvalue weighted by atomic mass is 19.4. The molecule has 1 aromatic heterocycles. The standard InChI is InChI=1S/C17H20F3N3O3/c1-5-26-13-7-6-11(8-14(13)25-4)10(2)22-16(24)12-9-21-23(3)15(12)17(18,19)20/h6-10H,5H2,1-4H3,(H,22,24). The molecule has 1 heterocycles. The van der Waals surface area contributed by atoms with Gasteiger partial charge < -0.3 is 14.8 Å². The summed E-state index contributed by atoms with van der Waals surface area (Å²) in [6.45, 7) is 3.96. The van der Waals surface area contributed by atoms with E-state index in [2.05, 4.69) is 10.4 Å². The van der Waals surface area contributed by atoms with Gasteiger partial charge in [0.1, 0.15) is 0 Å². The number of halogens is 3. The molecule has 6 nitrogen and oxygen atoms in total. The lowest BCUT2D eigenvalue weighted by molar-refractivity contribution is -0.144. The topological polar surface area (TPSA) is 65.4 Å². The molecule has 0 fully saturated rings. The summed E-state index contributed by atoms with van der Waals surface area (Å²) in [7, 11) is 2.62. The zero-order chi connectivity index (χ0) is 19.5. The van der Waals surface area contributed by atoms with Crippen LogP contribution in [0.3, 0.4) is 0 Å². The highest BCUT2D eigenvalue weighted by Gasteiger charge is 2.39. The molecular formula is C17H20F3N3O3. The van der Waals surface area contributed by atoms with Crippen LogP contribution in [-0.4, -0.2) is 29.4 Å². The van der Waals surface area contributed by atoms with Crippen LogP contribution >= 0.6 is 0 Å². The van der Waals surface area contributed by atoms with Gasteiger partial charge in [0.05, 0.1) is 31.5 Å². The molecule has 0 radical (unpaired) electrons. The van der Waals surface area contributed by atoms with Crippen molar-refractivity contribution in [3.63, 3.8) is 0 Å². The molecule has 0 saturated carbocycles. The van der Waals surface area contributed by atoms with E-state index < -0.39 is 29.4 Å². The number of alkyl halides is 3. The lowest BCUT2D eigenvalue weighted by Crippen LogP contribution is -2.29. The Kier molecular flexibility index (Phi) is 5.79. The number of hydrogen-bond donors (Lipinski definition) is 1. The third kappa shape index (κ3) is 4.09. The predicted molar refractivity (Wildman–Crippen MR) is 88.3 cm³/mol. The molecule has 0 aliphatic carbocycles. The van der Waals surface area contributed by atoms with Gasteiger partial charge in [-0.2, -0.15) is 18.3 Å². The number of nitrogens with one attached hydrogen (secondary N) is 1. The highest BCUT2D eigenvalue weighted by Crippen LogP contribution is 2.33. The van der Waals surface area contributed by atoms with Crippen molar-refractivity contribution in [1.82, 2.24) is 15.1 Å². The van der Waals surface area contributed by atoms with Crippen molar-refractivity contribution in [1.29, 1.82) is 0 Å². The van der Waals surface area contributed by atoms with Crippen molar-refractivity contribution in [2.45, 2.75) is 26.1 Å². The zero-order valence-corrected chi connectivity index (χ0v) is 14.8. The molecule has 9 heteroatoms. The predicted octanol–water partition coefficient (Wildman–Crippen LogP) is 3.34. The van der Waals surface area contributed by atoms with Gasteiger partial charge in [0.25, 0.3) is 5.91 Å². The average molecular weight is 371 g/mol. The van der Waals surface area contributed by atoms with Crippen LogP contribution < -0.4 is 14.8 Å². The number of nitrogens with zero attached hydrogens (tertiary/aromatic N) is 2. The highest BCUT2D eigenvalue weighted by molar-refractivity contribution is 5.95. The van der Waals surface area contributed by atoms with E-state index in [1.165, 1.54) is 7.11 Å². The van der Waals surface area contributed by atoms with Gasteiger partial charge in [-0.05, 0) is 31.5 Å². The normalized spacial score (nSPS) is 12.6. The molecule has 1 atom stereocenters. The first-order valence-electron chi connectivity index (χ1n) is 7.89. The van der Waals surface area contributed by atoms with E-state index in [1.807, 2.05) is 6.92 Å². The maximum absolute atomic E-state index is 13.1. The van der Waals surface area contributed by atoms with Crippen molar-refractivity contribution in [2.24, 2.45) is 7.05 Å². The fourth-order valence-corrected chi connectivity index (χ4v) is 2.53. The minimum atomic E-state index is -4.68. The molecule has 142 valence electrons.